The number of hydrogen-bond acceptors (Lipinski definition) is 3. The Bertz CT molecular complexity index is 409. The molecule has 1 aliphatic heterocycles. The standard InChI is InChI=1S/C14H20N2O.ClH/c1-4-14-11(2)8-13(9-15-14)17-10-12-6-5-7-16(12)3;/h4,8-9,12H,1,5-7,10H2,2-3H3;1H/t12-;/m0./s1. The fourth-order valence-corrected chi connectivity index (χ4v) is 2.23. The van der Waals surface area contributed by atoms with Crippen LogP contribution in [0.15, 0.2) is 18.8 Å². The monoisotopic (exact) mass is 268 g/mol. The molecule has 1 fully saturated rings. The zero-order valence-corrected chi connectivity index (χ0v) is 11.9. The van der Waals surface area contributed by atoms with E-state index in [9.17, 15) is 0 Å². The number of rotatable bonds is 4. The van der Waals surface area contributed by atoms with Gasteiger partial charge in [-0.25, -0.2) is 0 Å². The van der Waals surface area contributed by atoms with Crippen molar-refractivity contribution in [2.45, 2.75) is 25.8 Å². The van der Waals surface area contributed by atoms with Gasteiger partial charge in [0.1, 0.15) is 12.4 Å². The van der Waals surface area contributed by atoms with Crippen molar-refractivity contribution in [3.63, 3.8) is 0 Å². The van der Waals surface area contributed by atoms with Crippen LogP contribution in [0.5, 0.6) is 5.75 Å². The van der Waals surface area contributed by atoms with Gasteiger partial charge in [0, 0.05) is 6.04 Å². The number of likely N-dealkylation sites (tertiary alicyclic amines) is 1. The first-order valence-corrected chi connectivity index (χ1v) is 6.13. The first-order valence-electron chi connectivity index (χ1n) is 6.13. The van der Waals surface area contributed by atoms with Gasteiger partial charge in [0.05, 0.1) is 11.9 Å². The molecule has 2 heterocycles. The number of pyridine rings is 1. The Morgan fingerprint density at radius 2 is 2.39 bits per heavy atom. The van der Waals surface area contributed by atoms with E-state index in [0.717, 1.165) is 23.6 Å². The second kappa shape index (κ2) is 6.76. The van der Waals surface area contributed by atoms with Crippen LogP contribution in [-0.2, 0) is 0 Å². The lowest BCUT2D eigenvalue weighted by Crippen LogP contribution is -2.30. The smallest absolute Gasteiger partial charge is 0.137 e. The second-order valence-electron chi connectivity index (χ2n) is 4.66. The SMILES string of the molecule is C=Cc1ncc(OC[C@@H]2CCCN2C)cc1C.Cl. The van der Waals surface area contributed by atoms with Crippen LogP contribution in [0.1, 0.15) is 24.1 Å². The topological polar surface area (TPSA) is 25.4 Å². The van der Waals surface area contributed by atoms with Crippen LogP contribution < -0.4 is 4.74 Å². The molecule has 0 aromatic carbocycles. The van der Waals surface area contributed by atoms with Gasteiger partial charge in [0.25, 0.3) is 0 Å². The molecule has 0 aliphatic carbocycles. The third-order valence-corrected chi connectivity index (χ3v) is 3.40. The second-order valence-corrected chi connectivity index (χ2v) is 4.66. The lowest BCUT2D eigenvalue weighted by atomic mass is 10.2. The van der Waals surface area contributed by atoms with Gasteiger partial charge < -0.3 is 9.64 Å². The van der Waals surface area contributed by atoms with E-state index >= 15 is 0 Å². The van der Waals surface area contributed by atoms with E-state index in [1.165, 1.54) is 19.4 Å². The lowest BCUT2D eigenvalue weighted by Gasteiger charge is -2.19. The summed E-state index contributed by atoms with van der Waals surface area (Å²) in [6.07, 6.45) is 6.05. The van der Waals surface area contributed by atoms with E-state index < -0.39 is 0 Å². The van der Waals surface area contributed by atoms with Crippen molar-refractivity contribution in [2.75, 3.05) is 20.2 Å². The van der Waals surface area contributed by atoms with Crippen LogP contribution in [0.3, 0.4) is 0 Å². The Hall–Kier alpha value is -1.06. The zero-order valence-electron chi connectivity index (χ0n) is 11.1. The Balaban J connectivity index is 0.00000162. The number of nitrogens with zero attached hydrogens (tertiary/aromatic N) is 2. The molecule has 1 atom stereocenters. The van der Waals surface area contributed by atoms with Crippen molar-refractivity contribution in [1.29, 1.82) is 0 Å². The summed E-state index contributed by atoms with van der Waals surface area (Å²) in [5.41, 5.74) is 2.03. The van der Waals surface area contributed by atoms with Gasteiger partial charge in [-0.15, -0.1) is 12.4 Å². The van der Waals surface area contributed by atoms with E-state index in [1.807, 2.05) is 13.0 Å². The van der Waals surface area contributed by atoms with Crippen LogP contribution in [0.2, 0.25) is 0 Å². The van der Waals surface area contributed by atoms with E-state index in [0.29, 0.717) is 6.04 Å². The highest BCUT2D eigenvalue weighted by molar-refractivity contribution is 5.85. The minimum atomic E-state index is 0. The molecule has 0 saturated carbocycles. The normalized spacial score (nSPS) is 19.3. The van der Waals surface area contributed by atoms with Crippen LogP contribution in [-0.4, -0.2) is 36.1 Å². The maximum atomic E-state index is 5.80. The number of hydrogen-bond donors (Lipinski definition) is 0. The van der Waals surface area contributed by atoms with Gasteiger partial charge >= 0.3 is 0 Å². The van der Waals surface area contributed by atoms with Crippen molar-refractivity contribution < 1.29 is 4.74 Å². The minimum absolute atomic E-state index is 0. The Kier molecular flexibility index (Phi) is 5.63. The molecule has 18 heavy (non-hydrogen) atoms. The number of ether oxygens (including phenoxy) is 1. The summed E-state index contributed by atoms with van der Waals surface area (Å²) in [7, 11) is 2.16. The van der Waals surface area contributed by atoms with Crippen LogP contribution >= 0.6 is 12.4 Å². The van der Waals surface area contributed by atoms with Gasteiger partial charge in [0.15, 0.2) is 0 Å². The Morgan fingerprint density at radius 3 is 2.94 bits per heavy atom. The first kappa shape index (κ1) is 15.0. The molecular formula is C14H21ClN2O. The molecule has 0 bridgehead atoms. The molecular weight excluding hydrogens is 248 g/mol. The number of aromatic nitrogens is 1. The Morgan fingerprint density at radius 1 is 1.61 bits per heavy atom. The summed E-state index contributed by atoms with van der Waals surface area (Å²) >= 11 is 0. The van der Waals surface area contributed by atoms with E-state index in [2.05, 4.69) is 23.5 Å². The average Bonchev–Trinajstić information content (AvgIpc) is 2.72. The average molecular weight is 269 g/mol. The van der Waals surface area contributed by atoms with E-state index in [1.54, 1.807) is 12.3 Å². The predicted molar refractivity (Wildman–Crippen MR) is 77.5 cm³/mol. The van der Waals surface area contributed by atoms with E-state index in [4.69, 9.17) is 4.74 Å². The molecule has 0 radical (unpaired) electrons. The number of aryl methyl sites for hydroxylation is 1. The summed E-state index contributed by atoms with van der Waals surface area (Å²) in [4.78, 5) is 6.66. The molecule has 0 amide bonds. The fraction of sp³-hybridized carbons (Fsp3) is 0.500. The summed E-state index contributed by atoms with van der Waals surface area (Å²) < 4.78 is 5.80. The summed E-state index contributed by atoms with van der Waals surface area (Å²) in [6.45, 7) is 7.69. The van der Waals surface area contributed by atoms with Crippen molar-refractivity contribution in [1.82, 2.24) is 9.88 Å². The molecule has 3 nitrogen and oxygen atoms in total. The third kappa shape index (κ3) is 3.47. The molecule has 0 N–H and O–H groups in total. The largest absolute Gasteiger partial charge is 0.490 e. The highest BCUT2D eigenvalue weighted by Gasteiger charge is 2.21. The molecule has 1 saturated heterocycles. The Labute approximate surface area is 115 Å². The minimum Gasteiger partial charge on any atom is -0.490 e. The molecule has 100 valence electrons. The van der Waals surface area contributed by atoms with Crippen molar-refractivity contribution in [3.8, 4) is 5.75 Å². The van der Waals surface area contributed by atoms with E-state index in [-0.39, 0.29) is 12.4 Å². The van der Waals surface area contributed by atoms with Crippen molar-refractivity contribution >= 4 is 18.5 Å². The van der Waals surface area contributed by atoms with Gasteiger partial charge in [0.2, 0.25) is 0 Å². The number of halogens is 1. The fourth-order valence-electron chi connectivity index (χ4n) is 2.23. The molecule has 1 aromatic heterocycles. The highest BCUT2D eigenvalue weighted by Crippen LogP contribution is 2.19. The lowest BCUT2D eigenvalue weighted by molar-refractivity contribution is 0.197. The quantitative estimate of drug-likeness (QED) is 0.840. The molecule has 1 aliphatic rings. The van der Waals surface area contributed by atoms with Gasteiger partial charge in [-0.3, -0.25) is 4.98 Å². The molecule has 0 spiro atoms. The molecule has 2 rings (SSSR count). The van der Waals surface area contributed by atoms with Crippen LogP contribution in [0.25, 0.3) is 6.08 Å². The maximum Gasteiger partial charge on any atom is 0.137 e. The zero-order chi connectivity index (χ0) is 12.3. The summed E-state index contributed by atoms with van der Waals surface area (Å²) in [6, 6.07) is 2.58. The van der Waals surface area contributed by atoms with Crippen LogP contribution in [0.4, 0.5) is 0 Å². The molecule has 4 heteroatoms. The summed E-state index contributed by atoms with van der Waals surface area (Å²) in [5.74, 6) is 0.855. The summed E-state index contributed by atoms with van der Waals surface area (Å²) in [5, 5.41) is 0. The number of likely N-dealkylation sites (N-methyl/N-ethyl adjacent to an activating group) is 1. The highest BCUT2D eigenvalue weighted by atomic mass is 35.5. The van der Waals surface area contributed by atoms with Gasteiger partial charge in [-0.2, -0.15) is 0 Å². The van der Waals surface area contributed by atoms with Gasteiger partial charge in [-0.05, 0) is 51.1 Å². The third-order valence-electron chi connectivity index (χ3n) is 3.40. The molecule has 1 aromatic rings. The first-order chi connectivity index (χ1) is 8.20. The molecule has 0 unspecified atom stereocenters. The van der Waals surface area contributed by atoms with Gasteiger partial charge in [-0.1, -0.05) is 6.58 Å². The maximum absolute atomic E-state index is 5.80. The van der Waals surface area contributed by atoms with Crippen molar-refractivity contribution in [3.05, 3.63) is 30.1 Å². The predicted octanol–water partition coefficient (Wildman–Crippen LogP) is 2.93. The van der Waals surface area contributed by atoms with Crippen LogP contribution in [0, 0.1) is 6.92 Å². The van der Waals surface area contributed by atoms with Crippen molar-refractivity contribution in [2.24, 2.45) is 0 Å².